The molecule has 0 saturated carbocycles. The number of nitrogens with one attached hydrogen (secondary N) is 1. The number of methoxy groups -OCH3 is 1. The van der Waals surface area contributed by atoms with E-state index in [0.717, 1.165) is 18.6 Å². The maximum atomic E-state index is 11.2. The Balaban J connectivity index is 1.85. The van der Waals surface area contributed by atoms with Crippen LogP contribution in [0.25, 0.3) is 0 Å². The van der Waals surface area contributed by atoms with Crippen LogP contribution in [-0.2, 0) is 11.3 Å². The van der Waals surface area contributed by atoms with E-state index in [1.165, 1.54) is 13.4 Å². The summed E-state index contributed by atoms with van der Waals surface area (Å²) in [5, 5.41) is 3.36. The summed E-state index contributed by atoms with van der Waals surface area (Å²) < 4.78 is 9.86. The van der Waals surface area contributed by atoms with Crippen molar-refractivity contribution in [2.24, 2.45) is 0 Å². The lowest BCUT2D eigenvalue weighted by Crippen LogP contribution is -2.25. The molecule has 1 aromatic heterocycles. The third-order valence-corrected chi connectivity index (χ3v) is 2.65. The van der Waals surface area contributed by atoms with Crippen LogP contribution in [0.3, 0.4) is 0 Å². The number of rotatable bonds is 4. The number of hydrogen-bond acceptors (Lipinski definition) is 4. The topological polar surface area (TPSA) is 51.5 Å². The molecular weight excluding hydrogens is 206 g/mol. The van der Waals surface area contributed by atoms with Gasteiger partial charge in [0.2, 0.25) is 0 Å². The molecule has 16 heavy (non-hydrogen) atoms. The maximum absolute atomic E-state index is 11.2. The molecule has 1 N–H and O–H groups in total. The summed E-state index contributed by atoms with van der Waals surface area (Å²) in [6, 6.07) is 2.20. The highest BCUT2D eigenvalue weighted by atomic mass is 16.5. The smallest absolute Gasteiger partial charge is 0.341 e. The van der Waals surface area contributed by atoms with E-state index in [1.807, 2.05) is 0 Å². The number of esters is 1. The summed E-state index contributed by atoms with van der Waals surface area (Å²) >= 11 is 0. The molecule has 0 radical (unpaired) electrons. The summed E-state index contributed by atoms with van der Waals surface area (Å²) in [5.74, 6) is 0.393. The number of ether oxygens (including phenoxy) is 1. The molecular formula is C12H15NO3. The van der Waals surface area contributed by atoms with Crippen molar-refractivity contribution < 1.29 is 13.9 Å². The van der Waals surface area contributed by atoms with Gasteiger partial charge in [-0.05, 0) is 18.9 Å². The predicted octanol–water partition coefficient (Wildman–Crippen LogP) is 1.87. The fourth-order valence-corrected chi connectivity index (χ4v) is 1.73. The zero-order valence-corrected chi connectivity index (χ0v) is 9.23. The van der Waals surface area contributed by atoms with Crippen LogP contribution in [0.5, 0.6) is 0 Å². The highest BCUT2D eigenvalue weighted by Crippen LogP contribution is 2.12. The second-order valence-corrected chi connectivity index (χ2v) is 3.81. The molecule has 0 bridgehead atoms. The average molecular weight is 221 g/mol. The molecule has 0 aliphatic heterocycles. The van der Waals surface area contributed by atoms with Crippen molar-refractivity contribution in [1.82, 2.24) is 5.32 Å². The van der Waals surface area contributed by atoms with Crippen LogP contribution in [0.2, 0.25) is 0 Å². The first-order chi connectivity index (χ1) is 7.79. The van der Waals surface area contributed by atoms with Crippen molar-refractivity contribution in [3.63, 3.8) is 0 Å². The number of hydrogen-bond donors (Lipinski definition) is 1. The van der Waals surface area contributed by atoms with Crippen molar-refractivity contribution in [1.29, 1.82) is 0 Å². The minimum absolute atomic E-state index is 0.363. The Labute approximate surface area is 94.3 Å². The molecule has 4 heteroatoms. The summed E-state index contributed by atoms with van der Waals surface area (Å²) in [7, 11) is 1.36. The molecule has 86 valence electrons. The van der Waals surface area contributed by atoms with Crippen LogP contribution in [-0.4, -0.2) is 19.1 Å². The van der Waals surface area contributed by atoms with Crippen LogP contribution in [0.1, 0.15) is 29.0 Å². The summed E-state index contributed by atoms with van der Waals surface area (Å²) in [6.07, 6.45) is 7.88. The molecule has 0 atom stereocenters. The van der Waals surface area contributed by atoms with Gasteiger partial charge < -0.3 is 14.5 Å². The van der Waals surface area contributed by atoms with E-state index in [2.05, 4.69) is 22.2 Å². The van der Waals surface area contributed by atoms with Gasteiger partial charge in [-0.2, -0.15) is 0 Å². The largest absolute Gasteiger partial charge is 0.467 e. The molecule has 4 nitrogen and oxygen atoms in total. The second kappa shape index (κ2) is 4.99. The molecule has 0 saturated heterocycles. The fraction of sp³-hybridized carbons (Fsp3) is 0.417. The normalized spacial score (nSPS) is 15.6. The Bertz CT molecular complexity index is 387. The minimum Gasteiger partial charge on any atom is -0.467 e. The van der Waals surface area contributed by atoms with E-state index in [-0.39, 0.29) is 5.97 Å². The van der Waals surface area contributed by atoms with Crippen LogP contribution in [0, 0.1) is 0 Å². The Kier molecular flexibility index (Phi) is 3.41. The molecule has 0 aromatic carbocycles. The first kappa shape index (κ1) is 11.0. The summed E-state index contributed by atoms with van der Waals surface area (Å²) in [4.78, 5) is 11.2. The van der Waals surface area contributed by atoms with Gasteiger partial charge in [0.1, 0.15) is 12.0 Å². The SMILES string of the molecule is COC(=O)c1coc(CNC2CC=CC2)c1. The molecule has 1 aliphatic carbocycles. The number of carbonyl (C=O) groups excluding carboxylic acids is 1. The van der Waals surface area contributed by atoms with Crippen LogP contribution in [0.4, 0.5) is 0 Å². The third kappa shape index (κ3) is 2.52. The van der Waals surface area contributed by atoms with Crippen molar-refractivity contribution in [3.8, 4) is 0 Å². The van der Waals surface area contributed by atoms with Gasteiger partial charge in [-0.3, -0.25) is 0 Å². The van der Waals surface area contributed by atoms with E-state index < -0.39 is 0 Å². The minimum atomic E-state index is -0.363. The lowest BCUT2D eigenvalue weighted by atomic mass is 10.2. The molecule has 1 aliphatic rings. The first-order valence-corrected chi connectivity index (χ1v) is 5.33. The van der Waals surface area contributed by atoms with E-state index in [0.29, 0.717) is 18.2 Å². The monoisotopic (exact) mass is 221 g/mol. The second-order valence-electron chi connectivity index (χ2n) is 3.81. The Morgan fingerprint density at radius 1 is 1.56 bits per heavy atom. The number of carbonyl (C=O) groups is 1. The van der Waals surface area contributed by atoms with Gasteiger partial charge in [0, 0.05) is 6.04 Å². The molecule has 0 spiro atoms. The van der Waals surface area contributed by atoms with Gasteiger partial charge in [0.25, 0.3) is 0 Å². The van der Waals surface area contributed by atoms with E-state index in [9.17, 15) is 4.79 Å². The van der Waals surface area contributed by atoms with E-state index in [1.54, 1.807) is 6.07 Å². The van der Waals surface area contributed by atoms with Crippen molar-refractivity contribution in [2.45, 2.75) is 25.4 Å². The van der Waals surface area contributed by atoms with Crippen LogP contribution in [0.15, 0.2) is 28.9 Å². The Morgan fingerprint density at radius 2 is 2.31 bits per heavy atom. The quantitative estimate of drug-likeness (QED) is 0.623. The maximum Gasteiger partial charge on any atom is 0.341 e. The van der Waals surface area contributed by atoms with Gasteiger partial charge in [-0.15, -0.1) is 0 Å². The third-order valence-electron chi connectivity index (χ3n) is 2.65. The Hall–Kier alpha value is -1.55. The summed E-state index contributed by atoms with van der Waals surface area (Å²) in [6.45, 7) is 0.642. The zero-order valence-electron chi connectivity index (χ0n) is 9.23. The van der Waals surface area contributed by atoms with Crippen molar-refractivity contribution in [3.05, 3.63) is 35.8 Å². The van der Waals surface area contributed by atoms with Crippen molar-refractivity contribution >= 4 is 5.97 Å². The molecule has 0 fully saturated rings. The van der Waals surface area contributed by atoms with E-state index >= 15 is 0 Å². The Morgan fingerprint density at radius 3 is 3.00 bits per heavy atom. The van der Waals surface area contributed by atoms with Gasteiger partial charge in [0.15, 0.2) is 0 Å². The highest BCUT2D eigenvalue weighted by molar-refractivity contribution is 5.88. The van der Waals surface area contributed by atoms with E-state index in [4.69, 9.17) is 4.42 Å². The standard InChI is InChI=1S/C12H15NO3/c1-15-12(14)9-6-11(16-8-9)7-13-10-4-2-3-5-10/h2-3,6,8,10,13H,4-5,7H2,1H3. The molecule has 1 heterocycles. The first-order valence-electron chi connectivity index (χ1n) is 5.33. The van der Waals surface area contributed by atoms with Crippen LogP contribution >= 0.6 is 0 Å². The highest BCUT2D eigenvalue weighted by Gasteiger charge is 2.12. The van der Waals surface area contributed by atoms with Gasteiger partial charge in [0.05, 0.1) is 19.2 Å². The molecule has 0 unspecified atom stereocenters. The average Bonchev–Trinajstić information content (AvgIpc) is 2.96. The molecule has 0 amide bonds. The van der Waals surface area contributed by atoms with Gasteiger partial charge in [-0.25, -0.2) is 4.79 Å². The van der Waals surface area contributed by atoms with Crippen LogP contribution < -0.4 is 5.32 Å². The number of furan rings is 1. The van der Waals surface area contributed by atoms with Crippen molar-refractivity contribution in [2.75, 3.05) is 7.11 Å². The lowest BCUT2D eigenvalue weighted by Gasteiger charge is -2.09. The van der Waals surface area contributed by atoms with Gasteiger partial charge >= 0.3 is 5.97 Å². The summed E-state index contributed by atoms with van der Waals surface area (Å²) in [5.41, 5.74) is 0.462. The molecule has 1 aromatic rings. The predicted molar refractivity (Wildman–Crippen MR) is 59.0 cm³/mol. The lowest BCUT2D eigenvalue weighted by molar-refractivity contribution is 0.0600. The zero-order chi connectivity index (χ0) is 11.4. The fourth-order valence-electron chi connectivity index (χ4n) is 1.73. The van der Waals surface area contributed by atoms with Gasteiger partial charge in [-0.1, -0.05) is 12.2 Å². The molecule has 2 rings (SSSR count).